The van der Waals surface area contributed by atoms with Crippen LogP contribution in [0.15, 0.2) is 0 Å². The van der Waals surface area contributed by atoms with Gasteiger partial charge in [-0.05, 0) is 46.2 Å². The van der Waals surface area contributed by atoms with Gasteiger partial charge < -0.3 is 10.5 Å². The maximum Gasteiger partial charge on any atom is 0.324 e. The van der Waals surface area contributed by atoms with Crippen molar-refractivity contribution in [2.45, 2.75) is 58.0 Å². The summed E-state index contributed by atoms with van der Waals surface area (Å²) in [6, 6.07) is -0.550. The van der Waals surface area contributed by atoms with Crippen LogP contribution in [0.2, 0.25) is 0 Å². The highest BCUT2D eigenvalue weighted by Crippen LogP contribution is 2.27. The van der Waals surface area contributed by atoms with Gasteiger partial charge in [0.05, 0.1) is 6.61 Å². The number of hydrogen-bond acceptors (Lipinski definition) is 4. The summed E-state index contributed by atoms with van der Waals surface area (Å²) in [6.07, 6.45) is 4.55. The third kappa shape index (κ3) is 3.19. The Kier molecular flexibility index (Phi) is 5.40. The van der Waals surface area contributed by atoms with Gasteiger partial charge in [-0.15, -0.1) is 0 Å². The summed E-state index contributed by atoms with van der Waals surface area (Å²) in [5, 5.41) is 0. The minimum atomic E-state index is -0.550. The molecule has 0 bridgehead atoms. The lowest BCUT2D eigenvalue weighted by Gasteiger charge is -2.45. The van der Waals surface area contributed by atoms with Gasteiger partial charge in [-0.2, -0.15) is 0 Å². The highest BCUT2D eigenvalue weighted by atomic mass is 16.5. The molecule has 4 heteroatoms. The average molecular weight is 242 g/mol. The minimum absolute atomic E-state index is 0.271. The van der Waals surface area contributed by atoms with Gasteiger partial charge in [0.25, 0.3) is 0 Å². The quantitative estimate of drug-likeness (QED) is 0.743. The smallest absolute Gasteiger partial charge is 0.324 e. The number of ether oxygens (including phenoxy) is 1. The maximum atomic E-state index is 11.8. The summed E-state index contributed by atoms with van der Waals surface area (Å²) in [4.78, 5) is 14.2. The summed E-state index contributed by atoms with van der Waals surface area (Å²) in [7, 11) is 0. The first-order valence-corrected chi connectivity index (χ1v) is 6.73. The van der Waals surface area contributed by atoms with Gasteiger partial charge in [0, 0.05) is 5.54 Å². The van der Waals surface area contributed by atoms with Crippen LogP contribution in [0.1, 0.15) is 46.5 Å². The molecule has 2 atom stereocenters. The molecule has 0 aromatic heterocycles. The van der Waals surface area contributed by atoms with Gasteiger partial charge in [-0.1, -0.05) is 13.3 Å². The molecule has 0 saturated carbocycles. The lowest BCUT2D eigenvalue weighted by Crippen LogP contribution is -2.62. The predicted molar refractivity (Wildman–Crippen MR) is 68.7 cm³/mol. The van der Waals surface area contributed by atoms with Gasteiger partial charge in [-0.3, -0.25) is 9.69 Å². The number of esters is 1. The third-order valence-corrected chi connectivity index (χ3v) is 4.00. The van der Waals surface area contributed by atoms with Crippen molar-refractivity contribution in [1.29, 1.82) is 0 Å². The van der Waals surface area contributed by atoms with Crippen LogP contribution in [-0.2, 0) is 9.53 Å². The highest BCUT2D eigenvalue weighted by Gasteiger charge is 2.41. The Bertz CT molecular complexity index is 252. The largest absolute Gasteiger partial charge is 0.465 e. The monoisotopic (exact) mass is 242 g/mol. The predicted octanol–water partition coefficient (Wildman–Crippen LogP) is 1.53. The Hall–Kier alpha value is -0.610. The van der Waals surface area contributed by atoms with Crippen LogP contribution >= 0.6 is 0 Å². The number of likely N-dealkylation sites (tertiary alicyclic amines) is 1. The van der Waals surface area contributed by atoms with Crippen molar-refractivity contribution in [3.05, 3.63) is 0 Å². The van der Waals surface area contributed by atoms with Gasteiger partial charge in [0.15, 0.2) is 0 Å². The second-order valence-corrected chi connectivity index (χ2v) is 4.99. The fraction of sp³-hybridized carbons (Fsp3) is 0.923. The summed E-state index contributed by atoms with van der Waals surface area (Å²) >= 11 is 0. The molecule has 1 aliphatic rings. The number of carbonyl (C=O) groups is 1. The van der Waals surface area contributed by atoms with E-state index in [9.17, 15) is 4.79 Å². The molecule has 4 nitrogen and oxygen atoms in total. The summed E-state index contributed by atoms with van der Waals surface area (Å²) in [6.45, 7) is 8.46. The zero-order valence-corrected chi connectivity index (χ0v) is 11.4. The number of rotatable bonds is 5. The second-order valence-electron chi connectivity index (χ2n) is 4.99. The van der Waals surface area contributed by atoms with Crippen molar-refractivity contribution in [2.75, 3.05) is 19.7 Å². The third-order valence-electron chi connectivity index (χ3n) is 4.00. The lowest BCUT2D eigenvalue weighted by molar-refractivity contribution is -0.149. The molecule has 0 unspecified atom stereocenters. The van der Waals surface area contributed by atoms with E-state index < -0.39 is 6.04 Å². The Labute approximate surface area is 104 Å². The highest BCUT2D eigenvalue weighted by molar-refractivity contribution is 5.77. The summed E-state index contributed by atoms with van der Waals surface area (Å²) < 4.78 is 5.05. The lowest BCUT2D eigenvalue weighted by atomic mass is 9.86. The van der Waals surface area contributed by atoms with Crippen LogP contribution in [0.4, 0.5) is 0 Å². The Morgan fingerprint density at radius 3 is 2.41 bits per heavy atom. The van der Waals surface area contributed by atoms with Crippen molar-refractivity contribution < 1.29 is 9.53 Å². The first-order valence-electron chi connectivity index (χ1n) is 6.73. The Balaban J connectivity index is 2.74. The molecule has 17 heavy (non-hydrogen) atoms. The number of piperidine rings is 1. The number of hydrogen-bond donors (Lipinski definition) is 1. The molecule has 0 amide bonds. The molecular weight excluding hydrogens is 216 g/mol. The van der Waals surface area contributed by atoms with E-state index in [1.54, 1.807) is 0 Å². The Morgan fingerprint density at radius 1 is 1.35 bits per heavy atom. The van der Waals surface area contributed by atoms with Gasteiger partial charge >= 0.3 is 5.97 Å². The molecule has 1 aliphatic heterocycles. The first kappa shape index (κ1) is 14.5. The van der Waals surface area contributed by atoms with E-state index in [0.29, 0.717) is 6.61 Å². The van der Waals surface area contributed by atoms with E-state index in [2.05, 4.69) is 18.7 Å². The van der Waals surface area contributed by atoms with Crippen LogP contribution in [0.5, 0.6) is 0 Å². The standard InChI is InChI=1S/C13H26N2O2/c1-4-13(3,11(14)12(16)17-5-2)15-9-7-6-8-10-15/h11H,4-10,14H2,1-3H3/t11-,13-/m0/s1. The van der Waals surface area contributed by atoms with E-state index in [0.717, 1.165) is 19.5 Å². The molecule has 0 radical (unpaired) electrons. The molecule has 1 heterocycles. The van der Waals surface area contributed by atoms with Crippen LogP contribution in [-0.4, -0.2) is 42.1 Å². The summed E-state index contributed by atoms with van der Waals surface area (Å²) in [5.74, 6) is -0.276. The van der Waals surface area contributed by atoms with Crippen molar-refractivity contribution in [2.24, 2.45) is 5.73 Å². The molecular formula is C13H26N2O2. The topological polar surface area (TPSA) is 55.6 Å². The molecule has 1 rings (SSSR count). The van der Waals surface area contributed by atoms with Gasteiger partial charge in [0.2, 0.25) is 0 Å². The van der Waals surface area contributed by atoms with Crippen molar-refractivity contribution in [3.63, 3.8) is 0 Å². The summed E-state index contributed by atoms with van der Waals surface area (Å²) in [5.41, 5.74) is 5.84. The first-order chi connectivity index (χ1) is 8.06. The SMILES string of the molecule is CCOC(=O)[C@H](N)[C@](C)(CC)N1CCCCC1. The van der Waals surface area contributed by atoms with E-state index in [1.165, 1.54) is 19.3 Å². The van der Waals surface area contributed by atoms with Crippen molar-refractivity contribution >= 4 is 5.97 Å². The van der Waals surface area contributed by atoms with Crippen LogP contribution in [0, 0.1) is 0 Å². The zero-order chi connectivity index (χ0) is 12.9. The van der Waals surface area contributed by atoms with E-state index in [1.807, 2.05) is 6.92 Å². The molecule has 0 aromatic rings. The number of nitrogens with two attached hydrogens (primary N) is 1. The van der Waals surface area contributed by atoms with Crippen LogP contribution < -0.4 is 5.73 Å². The molecule has 2 N–H and O–H groups in total. The van der Waals surface area contributed by atoms with Gasteiger partial charge in [-0.25, -0.2) is 0 Å². The van der Waals surface area contributed by atoms with E-state index in [4.69, 9.17) is 10.5 Å². The molecule has 0 aliphatic carbocycles. The normalized spacial score (nSPS) is 22.8. The minimum Gasteiger partial charge on any atom is -0.465 e. The average Bonchev–Trinajstić information content (AvgIpc) is 2.38. The molecule has 1 saturated heterocycles. The van der Waals surface area contributed by atoms with Crippen molar-refractivity contribution in [1.82, 2.24) is 4.90 Å². The number of nitrogens with zero attached hydrogens (tertiary/aromatic N) is 1. The van der Waals surface area contributed by atoms with E-state index in [-0.39, 0.29) is 11.5 Å². The fourth-order valence-electron chi connectivity index (χ4n) is 2.53. The fourth-order valence-corrected chi connectivity index (χ4v) is 2.53. The van der Waals surface area contributed by atoms with Crippen molar-refractivity contribution in [3.8, 4) is 0 Å². The Morgan fingerprint density at radius 2 is 1.94 bits per heavy atom. The van der Waals surface area contributed by atoms with E-state index >= 15 is 0 Å². The molecule has 1 fully saturated rings. The van der Waals surface area contributed by atoms with Crippen LogP contribution in [0.3, 0.4) is 0 Å². The number of carbonyl (C=O) groups excluding carboxylic acids is 1. The second kappa shape index (κ2) is 6.36. The van der Waals surface area contributed by atoms with Gasteiger partial charge in [0.1, 0.15) is 6.04 Å². The molecule has 0 aromatic carbocycles. The van der Waals surface area contributed by atoms with Crippen LogP contribution in [0.25, 0.3) is 0 Å². The molecule has 100 valence electrons. The zero-order valence-electron chi connectivity index (χ0n) is 11.4. The molecule has 0 spiro atoms. The maximum absolute atomic E-state index is 11.8.